The Balaban J connectivity index is 2.60. The van der Waals surface area contributed by atoms with Crippen molar-refractivity contribution >= 4 is 16.9 Å². The van der Waals surface area contributed by atoms with Crippen molar-refractivity contribution in [2.45, 2.75) is 6.42 Å². The largest absolute Gasteiger partial charge is 0.481 e. The Morgan fingerprint density at radius 3 is 3.07 bits per heavy atom. The van der Waals surface area contributed by atoms with E-state index in [9.17, 15) is 9.18 Å². The number of aliphatic carboxylic acids is 1. The molecule has 1 aromatic carbocycles. The lowest BCUT2D eigenvalue weighted by molar-refractivity contribution is -0.136. The summed E-state index contributed by atoms with van der Waals surface area (Å²) in [5, 5.41) is 15.3. The van der Waals surface area contributed by atoms with Gasteiger partial charge in [0.1, 0.15) is 11.3 Å². The molecule has 2 N–H and O–H groups in total. The van der Waals surface area contributed by atoms with Crippen LogP contribution in [-0.4, -0.2) is 21.3 Å². The maximum absolute atomic E-state index is 13.1. The van der Waals surface area contributed by atoms with E-state index in [1.165, 1.54) is 18.3 Å². The van der Waals surface area contributed by atoms with Gasteiger partial charge in [-0.3, -0.25) is 9.89 Å². The van der Waals surface area contributed by atoms with E-state index in [2.05, 4.69) is 10.2 Å². The lowest BCUT2D eigenvalue weighted by Gasteiger charge is -1.99. The van der Waals surface area contributed by atoms with Crippen LogP contribution in [0.2, 0.25) is 0 Å². The number of aromatic nitrogens is 2. The molecule has 0 unspecified atom stereocenters. The molecular formula is C9H7FN2O2. The minimum Gasteiger partial charge on any atom is -0.481 e. The molecule has 0 aliphatic rings. The number of H-pyrrole nitrogens is 1. The van der Waals surface area contributed by atoms with Crippen molar-refractivity contribution in [3.63, 3.8) is 0 Å². The van der Waals surface area contributed by atoms with Crippen LogP contribution in [0.25, 0.3) is 10.9 Å². The highest BCUT2D eigenvalue weighted by atomic mass is 19.1. The normalized spacial score (nSPS) is 10.6. The van der Waals surface area contributed by atoms with E-state index in [0.29, 0.717) is 10.9 Å². The monoisotopic (exact) mass is 194 g/mol. The molecule has 1 aromatic heterocycles. The highest BCUT2D eigenvalue weighted by Crippen LogP contribution is 2.19. The predicted octanol–water partition coefficient (Wildman–Crippen LogP) is 1.33. The Kier molecular flexibility index (Phi) is 1.92. The van der Waals surface area contributed by atoms with Gasteiger partial charge in [-0.2, -0.15) is 5.10 Å². The van der Waals surface area contributed by atoms with Gasteiger partial charge in [0.2, 0.25) is 0 Å². The van der Waals surface area contributed by atoms with Crippen LogP contribution in [0, 0.1) is 5.82 Å². The molecule has 1 heterocycles. The summed E-state index contributed by atoms with van der Waals surface area (Å²) < 4.78 is 13.1. The molecular weight excluding hydrogens is 187 g/mol. The van der Waals surface area contributed by atoms with Crippen LogP contribution >= 0.6 is 0 Å². The number of hydrogen-bond acceptors (Lipinski definition) is 2. The van der Waals surface area contributed by atoms with Crippen LogP contribution in [0.3, 0.4) is 0 Å². The smallest absolute Gasteiger partial charge is 0.307 e. The average Bonchev–Trinajstić information content (AvgIpc) is 2.58. The van der Waals surface area contributed by atoms with E-state index in [-0.39, 0.29) is 11.9 Å². The number of aromatic amines is 1. The summed E-state index contributed by atoms with van der Waals surface area (Å²) in [6.45, 7) is 0. The molecule has 2 aromatic rings. The Labute approximate surface area is 78.4 Å². The Hall–Kier alpha value is -1.91. The number of rotatable bonds is 2. The fourth-order valence-electron chi connectivity index (χ4n) is 1.38. The minimum absolute atomic E-state index is 0.129. The van der Waals surface area contributed by atoms with Crippen molar-refractivity contribution < 1.29 is 14.3 Å². The zero-order valence-electron chi connectivity index (χ0n) is 7.12. The van der Waals surface area contributed by atoms with Crippen molar-refractivity contribution in [1.29, 1.82) is 0 Å². The number of hydrogen-bond donors (Lipinski definition) is 2. The summed E-state index contributed by atoms with van der Waals surface area (Å²) in [6.07, 6.45) is 1.30. The summed E-state index contributed by atoms with van der Waals surface area (Å²) in [5.41, 5.74) is 0.811. The van der Waals surface area contributed by atoms with E-state index >= 15 is 0 Å². The van der Waals surface area contributed by atoms with Gasteiger partial charge in [-0.25, -0.2) is 4.39 Å². The SMILES string of the molecule is O=C(O)Cc1ccc(F)c2[nH]ncc12. The molecule has 72 valence electrons. The van der Waals surface area contributed by atoms with Crippen LogP contribution in [0.15, 0.2) is 18.3 Å². The molecule has 5 heteroatoms. The third-order valence-corrected chi connectivity index (χ3v) is 2.00. The molecule has 0 radical (unpaired) electrons. The Morgan fingerprint density at radius 2 is 2.36 bits per heavy atom. The molecule has 0 spiro atoms. The first kappa shape index (κ1) is 8.68. The third kappa shape index (κ3) is 1.32. The van der Waals surface area contributed by atoms with Crippen LogP contribution in [0.4, 0.5) is 4.39 Å². The molecule has 0 atom stereocenters. The first-order valence-electron chi connectivity index (χ1n) is 4.00. The number of fused-ring (bicyclic) bond motifs is 1. The zero-order chi connectivity index (χ0) is 10.1. The van der Waals surface area contributed by atoms with Crippen LogP contribution < -0.4 is 0 Å². The van der Waals surface area contributed by atoms with Crippen molar-refractivity contribution in [3.8, 4) is 0 Å². The Bertz CT molecular complexity index is 493. The lowest BCUT2D eigenvalue weighted by Crippen LogP contribution is -2.00. The second-order valence-corrected chi connectivity index (χ2v) is 2.94. The van der Waals surface area contributed by atoms with E-state index in [4.69, 9.17) is 5.11 Å². The minimum atomic E-state index is -0.945. The highest BCUT2D eigenvalue weighted by Gasteiger charge is 2.09. The zero-order valence-corrected chi connectivity index (χ0v) is 7.12. The number of benzene rings is 1. The van der Waals surface area contributed by atoms with Crippen molar-refractivity contribution in [2.75, 3.05) is 0 Å². The van der Waals surface area contributed by atoms with E-state index < -0.39 is 11.8 Å². The predicted molar refractivity (Wildman–Crippen MR) is 47.4 cm³/mol. The molecule has 0 saturated heterocycles. The summed E-state index contributed by atoms with van der Waals surface area (Å²) in [6, 6.07) is 2.69. The summed E-state index contributed by atoms with van der Waals surface area (Å²) in [7, 11) is 0. The van der Waals surface area contributed by atoms with Gasteiger partial charge in [0.15, 0.2) is 0 Å². The van der Waals surface area contributed by atoms with Gasteiger partial charge in [-0.1, -0.05) is 6.07 Å². The van der Waals surface area contributed by atoms with Gasteiger partial charge in [0.25, 0.3) is 0 Å². The number of carboxylic acids is 1. The van der Waals surface area contributed by atoms with Crippen LogP contribution in [-0.2, 0) is 11.2 Å². The van der Waals surface area contributed by atoms with Gasteiger partial charge in [0.05, 0.1) is 12.6 Å². The molecule has 14 heavy (non-hydrogen) atoms. The van der Waals surface area contributed by atoms with Crippen LogP contribution in [0.1, 0.15) is 5.56 Å². The first-order valence-corrected chi connectivity index (χ1v) is 4.00. The van der Waals surface area contributed by atoms with Crippen molar-refractivity contribution in [2.24, 2.45) is 0 Å². The number of carboxylic acid groups (broad SMARTS) is 1. The maximum atomic E-state index is 13.1. The molecule has 0 aliphatic carbocycles. The molecule has 2 rings (SSSR count). The second-order valence-electron chi connectivity index (χ2n) is 2.94. The average molecular weight is 194 g/mol. The molecule has 0 amide bonds. The van der Waals surface area contributed by atoms with Gasteiger partial charge in [0, 0.05) is 5.39 Å². The number of halogens is 1. The molecule has 0 bridgehead atoms. The van der Waals surface area contributed by atoms with Gasteiger partial charge in [-0.15, -0.1) is 0 Å². The number of nitrogens with zero attached hydrogens (tertiary/aromatic N) is 1. The summed E-state index contributed by atoms with van der Waals surface area (Å²) >= 11 is 0. The molecule has 0 fully saturated rings. The van der Waals surface area contributed by atoms with Gasteiger partial charge in [-0.05, 0) is 11.6 Å². The van der Waals surface area contributed by atoms with E-state index in [1.807, 2.05) is 0 Å². The van der Waals surface area contributed by atoms with Gasteiger partial charge < -0.3 is 5.11 Å². The summed E-state index contributed by atoms with van der Waals surface area (Å²) in [4.78, 5) is 10.5. The lowest BCUT2D eigenvalue weighted by atomic mass is 10.1. The fourth-order valence-corrected chi connectivity index (χ4v) is 1.38. The first-order chi connectivity index (χ1) is 6.68. The maximum Gasteiger partial charge on any atom is 0.307 e. The number of carbonyl (C=O) groups is 1. The van der Waals surface area contributed by atoms with E-state index in [1.54, 1.807) is 0 Å². The van der Waals surface area contributed by atoms with Gasteiger partial charge >= 0.3 is 5.97 Å². The van der Waals surface area contributed by atoms with Crippen molar-refractivity contribution in [3.05, 3.63) is 29.7 Å². The second kappa shape index (κ2) is 3.10. The summed E-state index contributed by atoms with van der Waals surface area (Å²) in [5.74, 6) is -1.37. The molecule has 0 aliphatic heterocycles. The Morgan fingerprint density at radius 1 is 1.57 bits per heavy atom. The standard InChI is InChI=1S/C9H7FN2O2/c10-7-2-1-5(3-8(13)14)6-4-11-12-9(6)7/h1-2,4H,3H2,(H,11,12)(H,13,14). The molecule has 4 nitrogen and oxygen atoms in total. The van der Waals surface area contributed by atoms with Crippen molar-refractivity contribution in [1.82, 2.24) is 10.2 Å². The fraction of sp³-hybridized carbons (Fsp3) is 0.111. The topological polar surface area (TPSA) is 66.0 Å². The molecule has 0 saturated carbocycles. The number of nitrogens with one attached hydrogen (secondary N) is 1. The van der Waals surface area contributed by atoms with Crippen LogP contribution in [0.5, 0.6) is 0 Å². The third-order valence-electron chi connectivity index (χ3n) is 2.00. The highest BCUT2D eigenvalue weighted by molar-refractivity contribution is 5.86. The quantitative estimate of drug-likeness (QED) is 0.757. The van der Waals surface area contributed by atoms with E-state index in [0.717, 1.165) is 0 Å².